The molecule has 1 rings (SSSR count). The van der Waals surface area contributed by atoms with Gasteiger partial charge in [-0.1, -0.05) is 12.1 Å². The van der Waals surface area contributed by atoms with E-state index in [9.17, 15) is 18.0 Å². The van der Waals surface area contributed by atoms with Gasteiger partial charge in [0.15, 0.2) is 0 Å². The fraction of sp³-hybridized carbons (Fsp3) is 0.462. The minimum atomic E-state index is -4.34. The van der Waals surface area contributed by atoms with Gasteiger partial charge in [0, 0.05) is 13.0 Å². The molecule has 0 bridgehead atoms. The van der Waals surface area contributed by atoms with Gasteiger partial charge in [0.25, 0.3) is 0 Å². The molecule has 0 aliphatic carbocycles. The van der Waals surface area contributed by atoms with Gasteiger partial charge >= 0.3 is 6.18 Å². The molecule has 0 saturated heterocycles. The highest BCUT2D eigenvalue weighted by Gasteiger charge is 2.30. The molecule has 0 aliphatic heterocycles. The molecule has 2 N–H and O–H groups in total. The topological polar surface area (TPSA) is 41.1 Å². The lowest BCUT2D eigenvalue weighted by molar-refractivity contribution is -0.137. The third-order valence-electron chi connectivity index (χ3n) is 2.72. The third kappa shape index (κ3) is 5.79. The fourth-order valence-electron chi connectivity index (χ4n) is 1.60. The summed E-state index contributed by atoms with van der Waals surface area (Å²) in [6.45, 7) is 2.30. The van der Waals surface area contributed by atoms with Crippen LogP contribution in [-0.4, -0.2) is 19.5 Å². The molecule has 0 radical (unpaired) electrons. The van der Waals surface area contributed by atoms with Gasteiger partial charge in [-0.25, -0.2) is 0 Å². The standard InChI is InChI=1S/C13H17F3N2O.ClH/c1-9(18-12(19)7-8-17-2)10-3-5-11(6-4-10)13(14,15)16;/h3-6,9,17H,7-8H2,1-2H3,(H,18,19);1H. The Balaban J connectivity index is 0.00000361. The Bertz CT molecular complexity index is 421. The summed E-state index contributed by atoms with van der Waals surface area (Å²) in [5.41, 5.74) is -0.0456. The summed E-state index contributed by atoms with van der Waals surface area (Å²) in [7, 11) is 1.74. The van der Waals surface area contributed by atoms with Crippen LogP contribution in [0.25, 0.3) is 0 Å². The van der Waals surface area contributed by atoms with E-state index in [1.54, 1.807) is 14.0 Å². The highest BCUT2D eigenvalue weighted by Crippen LogP contribution is 2.29. The first kappa shape index (κ1) is 18.7. The largest absolute Gasteiger partial charge is 0.416 e. The van der Waals surface area contributed by atoms with Crippen LogP contribution in [0.2, 0.25) is 0 Å². The Kier molecular flexibility index (Phi) is 7.60. The minimum absolute atomic E-state index is 0. The van der Waals surface area contributed by atoms with Gasteiger partial charge in [0.05, 0.1) is 11.6 Å². The number of alkyl halides is 3. The summed E-state index contributed by atoms with van der Waals surface area (Å²) in [4.78, 5) is 11.5. The lowest BCUT2D eigenvalue weighted by atomic mass is 10.1. The highest BCUT2D eigenvalue weighted by atomic mass is 35.5. The molecule has 1 unspecified atom stereocenters. The van der Waals surface area contributed by atoms with Crippen molar-refractivity contribution in [1.82, 2.24) is 10.6 Å². The number of rotatable bonds is 5. The van der Waals surface area contributed by atoms with E-state index in [0.717, 1.165) is 12.1 Å². The summed E-state index contributed by atoms with van der Waals surface area (Å²) < 4.78 is 37.2. The van der Waals surface area contributed by atoms with E-state index in [0.29, 0.717) is 18.5 Å². The summed E-state index contributed by atoms with van der Waals surface area (Å²) >= 11 is 0. The second-order valence-corrected chi connectivity index (χ2v) is 4.26. The Morgan fingerprint density at radius 1 is 1.25 bits per heavy atom. The maximum atomic E-state index is 12.4. The number of benzene rings is 1. The van der Waals surface area contributed by atoms with Gasteiger partial charge in [-0.15, -0.1) is 12.4 Å². The first-order valence-corrected chi connectivity index (χ1v) is 5.95. The van der Waals surface area contributed by atoms with Crippen LogP contribution in [0.5, 0.6) is 0 Å². The second-order valence-electron chi connectivity index (χ2n) is 4.26. The third-order valence-corrected chi connectivity index (χ3v) is 2.72. The Morgan fingerprint density at radius 2 is 1.80 bits per heavy atom. The molecule has 7 heteroatoms. The number of halogens is 4. The zero-order valence-electron chi connectivity index (χ0n) is 11.3. The molecule has 0 fully saturated rings. The number of nitrogens with one attached hydrogen (secondary N) is 2. The molecule has 0 aromatic heterocycles. The minimum Gasteiger partial charge on any atom is -0.350 e. The van der Waals surface area contributed by atoms with Gasteiger partial charge in [-0.05, 0) is 31.7 Å². The van der Waals surface area contributed by atoms with E-state index in [-0.39, 0.29) is 24.4 Å². The Hall–Kier alpha value is -1.27. The Labute approximate surface area is 122 Å². The first-order valence-electron chi connectivity index (χ1n) is 5.95. The molecule has 0 saturated carbocycles. The Morgan fingerprint density at radius 3 is 2.25 bits per heavy atom. The quantitative estimate of drug-likeness (QED) is 0.878. The predicted molar refractivity (Wildman–Crippen MR) is 73.8 cm³/mol. The maximum Gasteiger partial charge on any atom is 0.416 e. The van der Waals surface area contributed by atoms with Crippen molar-refractivity contribution < 1.29 is 18.0 Å². The highest BCUT2D eigenvalue weighted by molar-refractivity contribution is 5.85. The molecule has 3 nitrogen and oxygen atoms in total. The lowest BCUT2D eigenvalue weighted by Crippen LogP contribution is -2.29. The van der Waals surface area contributed by atoms with Crippen LogP contribution in [-0.2, 0) is 11.0 Å². The summed E-state index contributed by atoms with van der Waals surface area (Å²) in [5, 5.41) is 5.58. The van der Waals surface area contributed by atoms with Crippen molar-refractivity contribution in [3.8, 4) is 0 Å². The van der Waals surface area contributed by atoms with E-state index in [2.05, 4.69) is 10.6 Å². The zero-order chi connectivity index (χ0) is 14.5. The number of hydrogen-bond donors (Lipinski definition) is 2. The van der Waals surface area contributed by atoms with Crippen LogP contribution in [0.15, 0.2) is 24.3 Å². The maximum absolute atomic E-state index is 12.4. The van der Waals surface area contributed by atoms with Crippen molar-refractivity contribution in [3.05, 3.63) is 35.4 Å². The van der Waals surface area contributed by atoms with Crippen molar-refractivity contribution in [2.24, 2.45) is 0 Å². The van der Waals surface area contributed by atoms with E-state index in [1.165, 1.54) is 12.1 Å². The van der Waals surface area contributed by atoms with Crippen molar-refractivity contribution in [2.75, 3.05) is 13.6 Å². The molecule has 1 aromatic rings. The molecule has 20 heavy (non-hydrogen) atoms. The normalized spacial score (nSPS) is 12.4. The van der Waals surface area contributed by atoms with Crippen molar-refractivity contribution in [1.29, 1.82) is 0 Å². The van der Waals surface area contributed by atoms with Gasteiger partial charge in [-0.3, -0.25) is 4.79 Å². The number of carbonyl (C=O) groups excluding carboxylic acids is 1. The summed E-state index contributed by atoms with van der Waals surface area (Å²) in [6.07, 6.45) is -4.00. The SMILES string of the molecule is CNCCC(=O)NC(C)c1ccc(C(F)(F)F)cc1.Cl. The van der Waals surface area contributed by atoms with Gasteiger partial charge in [0.1, 0.15) is 0 Å². The first-order chi connectivity index (χ1) is 8.84. The van der Waals surface area contributed by atoms with Gasteiger partial charge in [-0.2, -0.15) is 13.2 Å². The fourth-order valence-corrected chi connectivity index (χ4v) is 1.60. The van der Waals surface area contributed by atoms with E-state index < -0.39 is 11.7 Å². The molecule has 0 heterocycles. The molecule has 0 aliphatic rings. The molecular weight excluding hydrogens is 293 g/mol. The van der Waals surface area contributed by atoms with Crippen LogP contribution < -0.4 is 10.6 Å². The van der Waals surface area contributed by atoms with Crippen molar-refractivity contribution in [3.63, 3.8) is 0 Å². The van der Waals surface area contributed by atoms with Crippen LogP contribution >= 0.6 is 12.4 Å². The molecular formula is C13H18ClF3N2O. The van der Waals surface area contributed by atoms with Crippen molar-refractivity contribution >= 4 is 18.3 Å². The molecule has 1 atom stereocenters. The van der Waals surface area contributed by atoms with Gasteiger partial charge in [0.2, 0.25) is 5.91 Å². The number of amides is 1. The van der Waals surface area contributed by atoms with Gasteiger partial charge < -0.3 is 10.6 Å². The van der Waals surface area contributed by atoms with Crippen molar-refractivity contribution in [2.45, 2.75) is 25.6 Å². The molecule has 1 aromatic carbocycles. The van der Waals surface area contributed by atoms with E-state index in [4.69, 9.17) is 0 Å². The average molecular weight is 311 g/mol. The predicted octanol–water partition coefficient (Wildman–Crippen LogP) is 2.91. The zero-order valence-corrected chi connectivity index (χ0v) is 12.1. The molecule has 0 spiro atoms. The van der Waals surface area contributed by atoms with Crippen LogP contribution in [0.1, 0.15) is 30.5 Å². The summed E-state index contributed by atoms with van der Waals surface area (Å²) in [5.74, 6) is -0.137. The number of hydrogen-bond acceptors (Lipinski definition) is 2. The second kappa shape index (κ2) is 8.11. The monoisotopic (exact) mass is 310 g/mol. The molecule has 114 valence electrons. The van der Waals surface area contributed by atoms with E-state index >= 15 is 0 Å². The van der Waals surface area contributed by atoms with Crippen LogP contribution in [0, 0.1) is 0 Å². The lowest BCUT2D eigenvalue weighted by Gasteiger charge is -2.15. The average Bonchev–Trinajstić information content (AvgIpc) is 2.35. The smallest absolute Gasteiger partial charge is 0.350 e. The number of carbonyl (C=O) groups is 1. The van der Waals surface area contributed by atoms with Crippen LogP contribution in [0.4, 0.5) is 13.2 Å². The van der Waals surface area contributed by atoms with Crippen LogP contribution in [0.3, 0.4) is 0 Å². The summed E-state index contributed by atoms with van der Waals surface area (Å²) in [6, 6.07) is 4.49. The molecule has 1 amide bonds. The van der Waals surface area contributed by atoms with E-state index in [1.807, 2.05) is 0 Å².